The first-order chi connectivity index (χ1) is 10.3. The zero-order chi connectivity index (χ0) is 14.5. The van der Waals surface area contributed by atoms with Crippen molar-refractivity contribution in [2.75, 3.05) is 18.5 Å². The Morgan fingerprint density at radius 1 is 1.00 bits per heavy atom. The van der Waals surface area contributed by atoms with Crippen molar-refractivity contribution >= 4 is 16.7 Å². The number of ether oxygens (including phenoxy) is 1. The first-order valence-corrected chi connectivity index (χ1v) is 7.10. The molecular formula is C18H18N2O. The molecule has 2 aromatic carbocycles. The Morgan fingerprint density at radius 2 is 1.90 bits per heavy atom. The first-order valence-electron chi connectivity index (χ1n) is 7.10. The summed E-state index contributed by atoms with van der Waals surface area (Å²) in [5, 5.41) is 4.44. The van der Waals surface area contributed by atoms with E-state index in [1.165, 1.54) is 5.56 Å². The molecule has 0 fully saturated rings. The molecular weight excluding hydrogens is 260 g/mol. The van der Waals surface area contributed by atoms with Crippen molar-refractivity contribution < 1.29 is 4.74 Å². The van der Waals surface area contributed by atoms with Crippen LogP contribution < -0.4 is 10.1 Å². The van der Waals surface area contributed by atoms with Gasteiger partial charge in [0.15, 0.2) is 0 Å². The number of rotatable bonds is 5. The molecule has 3 aromatic rings. The summed E-state index contributed by atoms with van der Waals surface area (Å²) in [7, 11) is 0. The van der Waals surface area contributed by atoms with Crippen LogP contribution in [0.5, 0.6) is 5.75 Å². The van der Waals surface area contributed by atoms with Crippen LogP contribution in [0.3, 0.4) is 0 Å². The van der Waals surface area contributed by atoms with Crippen LogP contribution in [0.25, 0.3) is 10.9 Å². The lowest BCUT2D eigenvalue weighted by Gasteiger charge is -2.09. The van der Waals surface area contributed by atoms with Crippen LogP contribution in [0.2, 0.25) is 0 Å². The summed E-state index contributed by atoms with van der Waals surface area (Å²) in [4.78, 5) is 4.57. The Bertz CT molecular complexity index is 740. The molecule has 0 aliphatic heterocycles. The van der Waals surface area contributed by atoms with E-state index in [1.54, 1.807) is 0 Å². The number of nitrogens with one attached hydrogen (secondary N) is 1. The number of hydrogen-bond acceptors (Lipinski definition) is 3. The number of nitrogens with zero attached hydrogens (tertiary/aromatic N) is 1. The molecule has 1 N–H and O–H groups in total. The van der Waals surface area contributed by atoms with Crippen molar-refractivity contribution in [2.24, 2.45) is 0 Å². The minimum atomic E-state index is 0.609. The van der Waals surface area contributed by atoms with Crippen LogP contribution in [0.15, 0.2) is 60.7 Å². The highest BCUT2D eigenvalue weighted by molar-refractivity contribution is 5.79. The van der Waals surface area contributed by atoms with E-state index < -0.39 is 0 Å². The molecule has 0 saturated carbocycles. The van der Waals surface area contributed by atoms with Crippen LogP contribution in [0.1, 0.15) is 5.56 Å². The van der Waals surface area contributed by atoms with Crippen LogP contribution >= 0.6 is 0 Å². The fourth-order valence-corrected chi connectivity index (χ4v) is 2.22. The molecule has 0 aliphatic rings. The van der Waals surface area contributed by atoms with Gasteiger partial charge in [-0.1, -0.05) is 30.3 Å². The van der Waals surface area contributed by atoms with E-state index in [0.29, 0.717) is 6.61 Å². The molecule has 0 radical (unpaired) electrons. The van der Waals surface area contributed by atoms with E-state index in [1.807, 2.05) is 42.5 Å². The second kappa shape index (κ2) is 6.27. The zero-order valence-electron chi connectivity index (χ0n) is 12.0. The van der Waals surface area contributed by atoms with Crippen molar-refractivity contribution in [3.05, 3.63) is 66.2 Å². The second-order valence-electron chi connectivity index (χ2n) is 4.98. The number of benzene rings is 2. The van der Waals surface area contributed by atoms with Crippen molar-refractivity contribution in [2.45, 2.75) is 6.92 Å². The van der Waals surface area contributed by atoms with Gasteiger partial charge in [0, 0.05) is 5.39 Å². The summed E-state index contributed by atoms with van der Waals surface area (Å²) in [5.41, 5.74) is 2.21. The van der Waals surface area contributed by atoms with Crippen molar-refractivity contribution in [3.8, 4) is 5.75 Å². The molecule has 1 heterocycles. The maximum absolute atomic E-state index is 5.71. The normalized spacial score (nSPS) is 10.5. The second-order valence-corrected chi connectivity index (χ2v) is 4.98. The molecule has 21 heavy (non-hydrogen) atoms. The van der Waals surface area contributed by atoms with Gasteiger partial charge in [0.25, 0.3) is 0 Å². The smallest absolute Gasteiger partial charge is 0.126 e. The molecule has 0 aliphatic carbocycles. The maximum Gasteiger partial charge on any atom is 0.126 e. The third-order valence-corrected chi connectivity index (χ3v) is 3.26. The summed E-state index contributed by atoms with van der Waals surface area (Å²) in [6, 6.07) is 20.2. The van der Waals surface area contributed by atoms with E-state index in [4.69, 9.17) is 4.74 Å². The average molecular weight is 278 g/mol. The van der Waals surface area contributed by atoms with E-state index in [2.05, 4.69) is 35.4 Å². The Morgan fingerprint density at radius 3 is 2.81 bits per heavy atom. The van der Waals surface area contributed by atoms with Crippen LogP contribution in [-0.4, -0.2) is 18.1 Å². The first kappa shape index (κ1) is 13.4. The zero-order valence-corrected chi connectivity index (χ0v) is 12.0. The topological polar surface area (TPSA) is 34.1 Å². The molecule has 3 rings (SSSR count). The van der Waals surface area contributed by atoms with Gasteiger partial charge in [-0.05, 0) is 42.8 Å². The highest BCUT2D eigenvalue weighted by atomic mass is 16.5. The lowest BCUT2D eigenvalue weighted by atomic mass is 10.2. The summed E-state index contributed by atoms with van der Waals surface area (Å²) in [5.74, 6) is 1.78. The number of para-hydroxylation sites is 1. The third kappa shape index (κ3) is 3.51. The molecule has 106 valence electrons. The van der Waals surface area contributed by atoms with Crippen molar-refractivity contribution in [1.82, 2.24) is 4.98 Å². The van der Waals surface area contributed by atoms with Crippen LogP contribution in [-0.2, 0) is 0 Å². The third-order valence-electron chi connectivity index (χ3n) is 3.26. The SMILES string of the molecule is Cc1cccc(OCCNc2ccc3ccccc3n2)c1. The van der Waals surface area contributed by atoms with Gasteiger partial charge in [-0.2, -0.15) is 0 Å². The quantitative estimate of drug-likeness (QED) is 0.715. The standard InChI is InChI=1S/C18H18N2O/c1-14-5-4-7-16(13-14)21-12-11-19-18-10-9-15-6-2-3-8-17(15)20-18/h2-10,13H,11-12H2,1H3,(H,19,20). The Kier molecular flexibility index (Phi) is 4.01. The molecule has 0 amide bonds. The van der Waals surface area contributed by atoms with E-state index in [-0.39, 0.29) is 0 Å². The molecule has 3 heteroatoms. The van der Waals surface area contributed by atoms with Gasteiger partial charge >= 0.3 is 0 Å². The highest BCUT2D eigenvalue weighted by Crippen LogP contribution is 2.15. The number of fused-ring (bicyclic) bond motifs is 1. The Labute approximate surface area is 124 Å². The van der Waals surface area contributed by atoms with Gasteiger partial charge in [-0.15, -0.1) is 0 Å². The molecule has 0 bridgehead atoms. The predicted molar refractivity (Wildman–Crippen MR) is 86.9 cm³/mol. The molecule has 3 nitrogen and oxygen atoms in total. The van der Waals surface area contributed by atoms with Gasteiger partial charge in [0.2, 0.25) is 0 Å². The average Bonchev–Trinajstić information content (AvgIpc) is 2.51. The molecule has 0 unspecified atom stereocenters. The minimum absolute atomic E-state index is 0.609. The summed E-state index contributed by atoms with van der Waals surface area (Å²) < 4.78 is 5.71. The van der Waals surface area contributed by atoms with Gasteiger partial charge in [-0.25, -0.2) is 4.98 Å². The summed E-state index contributed by atoms with van der Waals surface area (Å²) in [6.45, 7) is 3.39. The predicted octanol–water partition coefficient (Wildman–Crippen LogP) is 4.03. The van der Waals surface area contributed by atoms with Crippen LogP contribution in [0, 0.1) is 6.92 Å². The minimum Gasteiger partial charge on any atom is -0.492 e. The number of anilines is 1. The fraction of sp³-hybridized carbons (Fsp3) is 0.167. The van der Waals surface area contributed by atoms with Gasteiger partial charge in [0.1, 0.15) is 18.2 Å². The summed E-state index contributed by atoms with van der Waals surface area (Å²) in [6.07, 6.45) is 0. The maximum atomic E-state index is 5.71. The molecule has 1 aromatic heterocycles. The number of aromatic nitrogens is 1. The Hall–Kier alpha value is -2.55. The number of pyridine rings is 1. The van der Waals surface area contributed by atoms with Gasteiger partial charge in [0.05, 0.1) is 12.1 Å². The van der Waals surface area contributed by atoms with Crippen molar-refractivity contribution in [1.29, 1.82) is 0 Å². The summed E-state index contributed by atoms with van der Waals surface area (Å²) >= 11 is 0. The van der Waals surface area contributed by atoms with Gasteiger partial charge < -0.3 is 10.1 Å². The number of aryl methyl sites for hydroxylation is 1. The largest absolute Gasteiger partial charge is 0.492 e. The van der Waals surface area contributed by atoms with Crippen molar-refractivity contribution in [3.63, 3.8) is 0 Å². The van der Waals surface area contributed by atoms with E-state index in [0.717, 1.165) is 29.0 Å². The lowest BCUT2D eigenvalue weighted by molar-refractivity contribution is 0.332. The Balaban J connectivity index is 1.54. The van der Waals surface area contributed by atoms with Gasteiger partial charge in [-0.3, -0.25) is 0 Å². The van der Waals surface area contributed by atoms with E-state index in [9.17, 15) is 0 Å². The molecule has 0 atom stereocenters. The lowest BCUT2D eigenvalue weighted by Crippen LogP contribution is -2.12. The number of hydrogen-bond donors (Lipinski definition) is 1. The van der Waals surface area contributed by atoms with Crippen LogP contribution in [0.4, 0.5) is 5.82 Å². The molecule has 0 spiro atoms. The highest BCUT2D eigenvalue weighted by Gasteiger charge is 1.98. The molecule has 0 saturated heterocycles. The monoisotopic (exact) mass is 278 g/mol. The fourth-order valence-electron chi connectivity index (χ4n) is 2.22. The van der Waals surface area contributed by atoms with E-state index >= 15 is 0 Å².